The second kappa shape index (κ2) is 5.61. The summed E-state index contributed by atoms with van der Waals surface area (Å²) < 4.78 is 5.48. The van der Waals surface area contributed by atoms with E-state index in [9.17, 15) is 4.79 Å². The highest BCUT2D eigenvalue weighted by molar-refractivity contribution is 5.81. The zero-order chi connectivity index (χ0) is 13.1. The van der Waals surface area contributed by atoms with E-state index >= 15 is 0 Å². The van der Waals surface area contributed by atoms with Gasteiger partial charge in [-0.05, 0) is 36.6 Å². The Balaban J connectivity index is 1.55. The molecule has 1 amide bonds. The molecule has 1 atom stereocenters. The standard InChI is InChI=1S/C15H20N2O2/c18-15(13-3-1-2-7-16-13)17-10-11-4-5-14-12(9-11)6-8-19-14/h4-5,9,13,16H,1-3,6-8,10H2,(H,17,18). The fraction of sp³-hybridized carbons (Fsp3) is 0.533. The minimum absolute atomic E-state index is 0.00786. The number of rotatable bonds is 3. The number of hydrogen-bond acceptors (Lipinski definition) is 3. The van der Waals surface area contributed by atoms with Gasteiger partial charge < -0.3 is 15.4 Å². The molecule has 4 nitrogen and oxygen atoms in total. The van der Waals surface area contributed by atoms with E-state index in [1.54, 1.807) is 0 Å². The number of carbonyl (C=O) groups excluding carboxylic acids is 1. The van der Waals surface area contributed by atoms with Gasteiger partial charge in [-0.15, -0.1) is 0 Å². The minimum Gasteiger partial charge on any atom is -0.493 e. The molecule has 4 heteroatoms. The summed E-state index contributed by atoms with van der Waals surface area (Å²) in [5, 5.41) is 6.28. The summed E-state index contributed by atoms with van der Waals surface area (Å²) in [6.07, 6.45) is 4.24. The number of carbonyl (C=O) groups is 1. The van der Waals surface area contributed by atoms with E-state index in [4.69, 9.17) is 4.74 Å². The topological polar surface area (TPSA) is 50.4 Å². The average Bonchev–Trinajstić information content (AvgIpc) is 2.93. The van der Waals surface area contributed by atoms with Crippen molar-refractivity contribution in [2.75, 3.05) is 13.2 Å². The molecule has 0 aromatic heterocycles. The molecule has 1 aromatic rings. The predicted molar refractivity (Wildman–Crippen MR) is 73.1 cm³/mol. The first-order valence-corrected chi connectivity index (χ1v) is 7.08. The van der Waals surface area contributed by atoms with E-state index in [-0.39, 0.29) is 11.9 Å². The highest BCUT2D eigenvalue weighted by Gasteiger charge is 2.20. The van der Waals surface area contributed by atoms with Crippen LogP contribution < -0.4 is 15.4 Å². The Morgan fingerprint density at radius 3 is 3.21 bits per heavy atom. The summed E-state index contributed by atoms with van der Waals surface area (Å²) in [5.41, 5.74) is 2.40. The van der Waals surface area contributed by atoms with Crippen molar-refractivity contribution in [3.8, 4) is 5.75 Å². The van der Waals surface area contributed by atoms with Crippen LogP contribution in [0.15, 0.2) is 18.2 Å². The Kier molecular flexibility index (Phi) is 3.69. The summed E-state index contributed by atoms with van der Waals surface area (Å²) in [4.78, 5) is 12.0. The molecule has 2 heterocycles. The normalized spacial score (nSPS) is 21.6. The Bertz CT molecular complexity index is 467. The van der Waals surface area contributed by atoms with Crippen LogP contribution in [-0.2, 0) is 17.8 Å². The number of hydrogen-bond donors (Lipinski definition) is 2. The van der Waals surface area contributed by atoms with Gasteiger partial charge >= 0.3 is 0 Å². The lowest BCUT2D eigenvalue weighted by Crippen LogP contribution is -2.46. The maximum absolute atomic E-state index is 12.0. The number of ether oxygens (including phenoxy) is 1. The van der Waals surface area contributed by atoms with E-state index in [0.717, 1.165) is 43.7 Å². The molecule has 2 aliphatic heterocycles. The summed E-state index contributed by atoms with van der Waals surface area (Å²) in [6, 6.07) is 6.16. The number of nitrogens with one attached hydrogen (secondary N) is 2. The first-order chi connectivity index (χ1) is 9.33. The van der Waals surface area contributed by atoms with Gasteiger partial charge in [0.05, 0.1) is 12.6 Å². The van der Waals surface area contributed by atoms with Crippen LogP contribution in [0, 0.1) is 0 Å². The van der Waals surface area contributed by atoms with Crippen LogP contribution in [0.5, 0.6) is 5.75 Å². The van der Waals surface area contributed by atoms with E-state index in [0.29, 0.717) is 6.54 Å². The molecular weight excluding hydrogens is 240 g/mol. The first-order valence-electron chi connectivity index (χ1n) is 7.08. The maximum Gasteiger partial charge on any atom is 0.237 e. The number of benzene rings is 1. The molecule has 1 saturated heterocycles. The van der Waals surface area contributed by atoms with Crippen LogP contribution in [0.2, 0.25) is 0 Å². The molecule has 1 aromatic carbocycles. The molecule has 2 N–H and O–H groups in total. The zero-order valence-corrected chi connectivity index (χ0v) is 11.1. The molecule has 0 saturated carbocycles. The van der Waals surface area contributed by atoms with Crippen molar-refractivity contribution in [2.45, 2.75) is 38.3 Å². The maximum atomic E-state index is 12.0. The summed E-state index contributed by atoms with van der Waals surface area (Å²) >= 11 is 0. The lowest BCUT2D eigenvalue weighted by Gasteiger charge is -2.22. The summed E-state index contributed by atoms with van der Waals surface area (Å²) in [5.74, 6) is 1.11. The molecule has 3 rings (SSSR count). The lowest BCUT2D eigenvalue weighted by molar-refractivity contribution is -0.123. The zero-order valence-electron chi connectivity index (χ0n) is 11.1. The summed E-state index contributed by atoms with van der Waals surface area (Å²) in [7, 11) is 0. The van der Waals surface area contributed by atoms with Gasteiger partial charge in [0.2, 0.25) is 5.91 Å². The Labute approximate surface area is 113 Å². The second-order valence-corrected chi connectivity index (χ2v) is 5.26. The van der Waals surface area contributed by atoms with Crippen LogP contribution in [0.25, 0.3) is 0 Å². The third-order valence-corrected chi connectivity index (χ3v) is 3.85. The van der Waals surface area contributed by atoms with Crippen molar-refractivity contribution in [1.82, 2.24) is 10.6 Å². The van der Waals surface area contributed by atoms with Crippen molar-refractivity contribution in [2.24, 2.45) is 0 Å². The van der Waals surface area contributed by atoms with Crippen molar-refractivity contribution in [1.29, 1.82) is 0 Å². The summed E-state index contributed by atoms with van der Waals surface area (Å²) in [6.45, 7) is 2.33. The monoisotopic (exact) mass is 260 g/mol. The fourth-order valence-electron chi connectivity index (χ4n) is 2.74. The highest BCUT2D eigenvalue weighted by Crippen LogP contribution is 2.25. The fourth-order valence-corrected chi connectivity index (χ4v) is 2.74. The Morgan fingerprint density at radius 2 is 2.37 bits per heavy atom. The van der Waals surface area contributed by atoms with Gasteiger partial charge in [-0.2, -0.15) is 0 Å². The minimum atomic E-state index is -0.00786. The SMILES string of the molecule is O=C(NCc1ccc2c(c1)CCO2)C1CCCCN1. The van der Waals surface area contributed by atoms with Crippen molar-refractivity contribution in [3.63, 3.8) is 0 Å². The molecule has 19 heavy (non-hydrogen) atoms. The third-order valence-electron chi connectivity index (χ3n) is 3.85. The molecule has 0 radical (unpaired) electrons. The Morgan fingerprint density at radius 1 is 1.42 bits per heavy atom. The van der Waals surface area contributed by atoms with E-state index < -0.39 is 0 Å². The quantitative estimate of drug-likeness (QED) is 0.863. The van der Waals surface area contributed by atoms with Gasteiger partial charge in [0.1, 0.15) is 5.75 Å². The molecule has 102 valence electrons. The van der Waals surface area contributed by atoms with Gasteiger partial charge in [-0.25, -0.2) is 0 Å². The van der Waals surface area contributed by atoms with Crippen LogP contribution in [-0.4, -0.2) is 25.1 Å². The van der Waals surface area contributed by atoms with E-state index in [2.05, 4.69) is 16.7 Å². The first kappa shape index (κ1) is 12.5. The molecule has 1 unspecified atom stereocenters. The van der Waals surface area contributed by atoms with Crippen molar-refractivity contribution in [3.05, 3.63) is 29.3 Å². The number of amides is 1. The van der Waals surface area contributed by atoms with Crippen molar-refractivity contribution >= 4 is 5.91 Å². The van der Waals surface area contributed by atoms with E-state index in [1.807, 2.05) is 12.1 Å². The van der Waals surface area contributed by atoms with Crippen LogP contribution in [0.3, 0.4) is 0 Å². The molecule has 1 fully saturated rings. The molecule has 2 aliphatic rings. The number of piperidine rings is 1. The molecular formula is C15H20N2O2. The van der Waals surface area contributed by atoms with Gasteiger partial charge in [-0.1, -0.05) is 18.6 Å². The lowest BCUT2D eigenvalue weighted by atomic mass is 10.0. The smallest absolute Gasteiger partial charge is 0.237 e. The predicted octanol–water partition coefficient (Wildman–Crippen LogP) is 1.38. The number of fused-ring (bicyclic) bond motifs is 1. The van der Waals surface area contributed by atoms with Gasteiger partial charge in [0.15, 0.2) is 0 Å². The van der Waals surface area contributed by atoms with Gasteiger partial charge in [0.25, 0.3) is 0 Å². The van der Waals surface area contributed by atoms with Gasteiger partial charge in [0, 0.05) is 13.0 Å². The molecule has 0 aliphatic carbocycles. The highest BCUT2D eigenvalue weighted by atomic mass is 16.5. The molecule has 0 bridgehead atoms. The third kappa shape index (κ3) is 2.89. The average molecular weight is 260 g/mol. The second-order valence-electron chi connectivity index (χ2n) is 5.26. The largest absolute Gasteiger partial charge is 0.493 e. The van der Waals surface area contributed by atoms with Crippen LogP contribution >= 0.6 is 0 Å². The van der Waals surface area contributed by atoms with Crippen molar-refractivity contribution < 1.29 is 9.53 Å². The van der Waals surface area contributed by atoms with Gasteiger partial charge in [-0.3, -0.25) is 4.79 Å². The Hall–Kier alpha value is -1.55. The van der Waals surface area contributed by atoms with Crippen LogP contribution in [0.4, 0.5) is 0 Å². The van der Waals surface area contributed by atoms with Crippen LogP contribution in [0.1, 0.15) is 30.4 Å². The molecule has 0 spiro atoms. The van der Waals surface area contributed by atoms with E-state index in [1.165, 1.54) is 12.0 Å².